The lowest BCUT2D eigenvalue weighted by Crippen LogP contribution is -2.30. The van der Waals surface area contributed by atoms with Crippen LogP contribution in [0, 0.1) is 6.92 Å². The molecule has 0 saturated carbocycles. The fourth-order valence-electron chi connectivity index (χ4n) is 1.97. The third-order valence-corrected chi connectivity index (χ3v) is 4.09. The number of hydrogen-bond acceptors (Lipinski definition) is 4. The van der Waals surface area contributed by atoms with Crippen molar-refractivity contribution in [2.75, 3.05) is 11.6 Å². The van der Waals surface area contributed by atoms with Crippen molar-refractivity contribution in [1.82, 2.24) is 0 Å². The third-order valence-electron chi connectivity index (χ3n) is 3.30. The first-order chi connectivity index (χ1) is 11.0. The summed E-state index contributed by atoms with van der Waals surface area (Å²) in [6, 6.07) is 14.6. The molecule has 23 heavy (non-hydrogen) atoms. The van der Waals surface area contributed by atoms with Gasteiger partial charge in [0.15, 0.2) is 6.10 Å². The van der Waals surface area contributed by atoms with Gasteiger partial charge in [0.1, 0.15) is 0 Å². The number of benzene rings is 2. The molecule has 2 aromatic rings. The Labute approximate surface area is 140 Å². The maximum Gasteiger partial charge on any atom is 0.340 e. The van der Waals surface area contributed by atoms with Crippen molar-refractivity contribution in [1.29, 1.82) is 0 Å². The van der Waals surface area contributed by atoms with Crippen LogP contribution in [0.4, 0.5) is 5.69 Å². The predicted molar refractivity (Wildman–Crippen MR) is 92.9 cm³/mol. The monoisotopic (exact) mass is 329 g/mol. The number of nitrogens with one attached hydrogen (secondary N) is 1. The van der Waals surface area contributed by atoms with Crippen LogP contribution < -0.4 is 5.32 Å². The van der Waals surface area contributed by atoms with Crippen LogP contribution in [0.5, 0.6) is 0 Å². The molecule has 5 heteroatoms. The number of rotatable bonds is 5. The van der Waals surface area contributed by atoms with Gasteiger partial charge in [0.05, 0.1) is 5.56 Å². The van der Waals surface area contributed by atoms with Crippen molar-refractivity contribution in [2.24, 2.45) is 0 Å². The average molecular weight is 329 g/mol. The summed E-state index contributed by atoms with van der Waals surface area (Å²) in [4.78, 5) is 25.2. The Hall–Kier alpha value is -2.27. The molecule has 0 bridgehead atoms. The summed E-state index contributed by atoms with van der Waals surface area (Å²) in [5.41, 5.74) is 2.25. The molecular formula is C18H19NO3S. The van der Waals surface area contributed by atoms with Crippen LogP contribution in [0.2, 0.25) is 0 Å². The van der Waals surface area contributed by atoms with Crippen LogP contribution in [-0.4, -0.2) is 24.2 Å². The van der Waals surface area contributed by atoms with Gasteiger partial charge in [-0.3, -0.25) is 4.79 Å². The summed E-state index contributed by atoms with van der Waals surface area (Å²) in [6.45, 7) is 3.53. The molecule has 0 unspecified atom stereocenters. The topological polar surface area (TPSA) is 55.4 Å². The molecule has 0 aliphatic heterocycles. The van der Waals surface area contributed by atoms with Crippen molar-refractivity contribution in [3.8, 4) is 0 Å². The number of carbonyl (C=O) groups excluding carboxylic acids is 2. The molecule has 4 nitrogen and oxygen atoms in total. The summed E-state index contributed by atoms with van der Waals surface area (Å²) >= 11 is 1.46. The number of aryl methyl sites for hydroxylation is 1. The van der Waals surface area contributed by atoms with E-state index in [-0.39, 0.29) is 5.91 Å². The second-order valence-electron chi connectivity index (χ2n) is 5.10. The molecule has 0 aliphatic rings. The molecule has 0 spiro atoms. The maximum atomic E-state index is 12.2. The zero-order valence-corrected chi connectivity index (χ0v) is 14.1. The largest absolute Gasteiger partial charge is 0.449 e. The van der Waals surface area contributed by atoms with E-state index in [1.54, 1.807) is 19.1 Å². The lowest BCUT2D eigenvalue weighted by Gasteiger charge is -2.14. The van der Waals surface area contributed by atoms with E-state index >= 15 is 0 Å². The predicted octanol–water partition coefficient (Wildman–Crippen LogP) is 3.90. The summed E-state index contributed by atoms with van der Waals surface area (Å²) in [5, 5.41) is 2.73. The fourth-order valence-corrected chi connectivity index (χ4v) is 2.56. The molecule has 0 radical (unpaired) electrons. The first-order valence-corrected chi connectivity index (χ1v) is 8.45. The second-order valence-corrected chi connectivity index (χ2v) is 5.95. The number of thioether (sulfide) groups is 1. The van der Waals surface area contributed by atoms with E-state index in [2.05, 4.69) is 5.32 Å². The molecule has 1 atom stereocenters. The minimum atomic E-state index is -0.876. The van der Waals surface area contributed by atoms with Crippen molar-refractivity contribution in [3.05, 3.63) is 59.7 Å². The number of amides is 1. The second kappa shape index (κ2) is 7.83. The fraction of sp³-hybridized carbons (Fsp3) is 0.222. The van der Waals surface area contributed by atoms with Gasteiger partial charge in [-0.25, -0.2) is 4.79 Å². The first-order valence-electron chi connectivity index (χ1n) is 7.23. The molecule has 0 heterocycles. The Morgan fingerprint density at radius 3 is 2.39 bits per heavy atom. The zero-order valence-electron chi connectivity index (χ0n) is 13.3. The van der Waals surface area contributed by atoms with Crippen molar-refractivity contribution < 1.29 is 14.3 Å². The van der Waals surface area contributed by atoms with E-state index in [1.165, 1.54) is 11.8 Å². The van der Waals surface area contributed by atoms with Crippen molar-refractivity contribution in [2.45, 2.75) is 24.8 Å². The highest BCUT2D eigenvalue weighted by molar-refractivity contribution is 7.98. The Bertz CT molecular complexity index is 698. The zero-order chi connectivity index (χ0) is 16.8. The summed E-state index contributed by atoms with van der Waals surface area (Å²) in [5.74, 6) is -0.856. The Morgan fingerprint density at radius 2 is 1.74 bits per heavy atom. The number of carbonyl (C=O) groups is 2. The SMILES string of the molecule is CSc1ccccc1C(=O)O[C@H](C)C(=O)Nc1ccc(C)cc1. The molecule has 0 fully saturated rings. The van der Waals surface area contributed by atoms with E-state index < -0.39 is 12.1 Å². The molecule has 120 valence electrons. The summed E-state index contributed by atoms with van der Waals surface area (Å²) in [7, 11) is 0. The van der Waals surface area contributed by atoms with Crippen LogP contribution in [0.25, 0.3) is 0 Å². The molecule has 1 amide bonds. The highest BCUT2D eigenvalue weighted by Gasteiger charge is 2.20. The van der Waals surface area contributed by atoms with Crippen molar-refractivity contribution in [3.63, 3.8) is 0 Å². The van der Waals surface area contributed by atoms with Crippen molar-refractivity contribution >= 4 is 29.3 Å². The maximum absolute atomic E-state index is 12.2. The molecule has 1 N–H and O–H groups in total. The molecular weight excluding hydrogens is 310 g/mol. The standard InChI is InChI=1S/C18H19NO3S/c1-12-8-10-14(11-9-12)19-17(20)13(2)22-18(21)15-6-4-5-7-16(15)23-3/h4-11,13H,1-3H3,(H,19,20)/t13-/m1/s1. The third kappa shape index (κ3) is 4.60. The van der Waals surface area contributed by atoms with E-state index in [0.29, 0.717) is 11.3 Å². The average Bonchev–Trinajstić information content (AvgIpc) is 2.56. The molecule has 2 aromatic carbocycles. The lowest BCUT2D eigenvalue weighted by molar-refractivity contribution is -0.123. The highest BCUT2D eigenvalue weighted by atomic mass is 32.2. The Kier molecular flexibility index (Phi) is 5.82. The number of ether oxygens (including phenoxy) is 1. The minimum Gasteiger partial charge on any atom is -0.449 e. The minimum absolute atomic E-state index is 0.358. The smallest absolute Gasteiger partial charge is 0.340 e. The normalized spacial score (nSPS) is 11.6. The van der Waals surface area contributed by atoms with Crippen LogP contribution in [0.3, 0.4) is 0 Å². The van der Waals surface area contributed by atoms with Gasteiger partial charge in [0, 0.05) is 10.6 Å². The number of anilines is 1. The van der Waals surface area contributed by atoms with E-state index in [9.17, 15) is 9.59 Å². The number of esters is 1. The van der Waals surface area contributed by atoms with Gasteiger partial charge >= 0.3 is 5.97 Å². The molecule has 0 aliphatic carbocycles. The summed E-state index contributed by atoms with van der Waals surface area (Å²) in [6.07, 6.45) is 1.01. The van der Waals surface area contributed by atoms with Gasteiger partial charge in [-0.15, -0.1) is 11.8 Å². The Morgan fingerprint density at radius 1 is 1.09 bits per heavy atom. The van der Waals surface area contributed by atoms with Crippen LogP contribution in [-0.2, 0) is 9.53 Å². The van der Waals surface area contributed by atoms with Gasteiger partial charge in [0.25, 0.3) is 5.91 Å². The summed E-state index contributed by atoms with van der Waals surface area (Å²) < 4.78 is 5.27. The van der Waals surface area contributed by atoms with Crippen LogP contribution in [0.15, 0.2) is 53.4 Å². The molecule has 0 saturated heterocycles. The van der Waals surface area contributed by atoms with E-state index in [0.717, 1.165) is 10.5 Å². The first kappa shape index (κ1) is 17.1. The van der Waals surface area contributed by atoms with Gasteiger partial charge < -0.3 is 10.1 Å². The van der Waals surface area contributed by atoms with Gasteiger partial charge in [-0.1, -0.05) is 29.8 Å². The van der Waals surface area contributed by atoms with E-state index in [4.69, 9.17) is 4.74 Å². The molecule has 0 aromatic heterocycles. The van der Waals surface area contributed by atoms with Gasteiger partial charge in [0.2, 0.25) is 0 Å². The van der Waals surface area contributed by atoms with Crippen LogP contribution in [0.1, 0.15) is 22.8 Å². The number of hydrogen-bond donors (Lipinski definition) is 1. The lowest BCUT2D eigenvalue weighted by atomic mass is 10.2. The van der Waals surface area contributed by atoms with Crippen LogP contribution >= 0.6 is 11.8 Å². The highest BCUT2D eigenvalue weighted by Crippen LogP contribution is 2.21. The van der Waals surface area contributed by atoms with Gasteiger partial charge in [-0.05, 0) is 44.4 Å². The Balaban J connectivity index is 2.00. The van der Waals surface area contributed by atoms with E-state index in [1.807, 2.05) is 49.6 Å². The quantitative estimate of drug-likeness (QED) is 0.668. The van der Waals surface area contributed by atoms with Gasteiger partial charge in [-0.2, -0.15) is 0 Å². The molecule has 2 rings (SSSR count).